The Morgan fingerprint density at radius 3 is 2.45 bits per heavy atom. The summed E-state index contributed by atoms with van der Waals surface area (Å²) in [5, 5.41) is 13.2. The number of carbonyl (C=O) groups excluding carboxylic acids is 2. The van der Waals surface area contributed by atoms with Crippen molar-refractivity contribution in [2.45, 2.75) is 33.2 Å². The molecule has 5 nitrogen and oxygen atoms in total. The third-order valence-corrected chi connectivity index (χ3v) is 2.97. The quantitative estimate of drug-likeness (QED) is 0.590. The van der Waals surface area contributed by atoms with Crippen molar-refractivity contribution in [3.05, 3.63) is 29.6 Å². The van der Waals surface area contributed by atoms with Gasteiger partial charge in [0, 0.05) is 18.9 Å². The van der Waals surface area contributed by atoms with Crippen LogP contribution >= 0.6 is 0 Å². The van der Waals surface area contributed by atoms with Crippen LogP contribution in [-0.2, 0) is 16.1 Å². The van der Waals surface area contributed by atoms with E-state index in [2.05, 4.69) is 5.32 Å². The molecule has 0 heterocycles. The van der Waals surface area contributed by atoms with Gasteiger partial charge in [-0.25, -0.2) is 4.39 Å². The van der Waals surface area contributed by atoms with Gasteiger partial charge in [-0.2, -0.15) is 0 Å². The number of carboxylic acids is 1. The van der Waals surface area contributed by atoms with Gasteiger partial charge in [0.15, 0.2) is 11.6 Å². The molecular weight excluding hydrogens is 300 g/mol. The molecule has 0 aliphatic rings. The number of carboxylic acid groups (broad SMARTS) is 1. The van der Waals surface area contributed by atoms with Crippen molar-refractivity contribution in [1.82, 2.24) is 5.32 Å². The van der Waals surface area contributed by atoms with Crippen LogP contribution in [-0.4, -0.2) is 19.0 Å². The molecule has 0 aromatic heterocycles. The first-order valence-electron chi connectivity index (χ1n) is 6.52. The molecule has 0 saturated heterocycles. The van der Waals surface area contributed by atoms with E-state index in [4.69, 9.17) is 4.74 Å². The number of halogens is 1. The molecule has 0 unspecified atom stereocenters. The number of ether oxygens (including phenoxy) is 1. The van der Waals surface area contributed by atoms with Gasteiger partial charge in [0.25, 0.3) is 0 Å². The van der Waals surface area contributed by atoms with Gasteiger partial charge in [0.1, 0.15) is 0 Å². The number of hydrogen-bond donors (Lipinski definition) is 1. The summed E-state index contributed by atoms with van der Waals surface area (Å²) in [6.07, 6.45) is -0.142. The van der Waals surface area contributed by atoms with Gasteiger partial charge >= 0.3 is 29.6 Å². The standard InChI is InChI=1S/C15H20FNO4.Na/c1-15(2,8-14(19)20)7-13(18)17-9-10-4-5-12(21-3)11(16)6-10;/h4-6H,7-9H2,1-3H3,(H,17,18)(H,19,20);/q;+1/p-1. The second kappa shape index (κ2) is 9.12. The Kier molecular flexibility index (Phi) is 8.66. The zero-order valence-corrected chi connectivity index (χ0v) is 15.4. The van der Waals surface area contributed by atoms with Gasteiger partial charge in [-0.3, -0.25) is 4.79 Å². The van der Waals surface area contributed by atoms with Crippen LogP contribution in [0.5, 0.6) is 5.75 Å². The number of nitrogens with one attached hydrogen (secondary N) is 1. The van der Waals surface area contributed by atoms with Gasteiger partial charge in [-0.15, -0.1) is 0 Å². The third kappa shape index (κ3) is 7.24. The summed E-state index contributed by atoms with van der Waals surface area (Å²) in [4.78, 5) is 22.4. The molecule has 1 rings (SSSR count). The van der Waals surface area contributed by atoms with Gasteiger partial charge < -0.3 is 20.0 Å². The molecule has 0 bridgehead atoms. The summed E-state index contributed by atoms with van der Waals surface area (Å²) in [7, 11) is 1.37. The van der Waals surface area contributed by atoms with Crippen molar-refractivity contribution in [3.63, 3.8) is 0 Å². The molecule has 0 aliphatic carbocycles. The van der Waals surface area contributed by atoms with Crippen LogP contribution in [0, 0.1) is 11.2 Å². The average Bonchev–Trinajstić information content (AvgIpc) is 2.34. The van der Waals surface area contributed by atoms with E-state index in [1.807, 2.05) is 0 Å². The molecule has 22 heavy (non-hydrogen) atoms. The maximum Gasteiger partial charge on any atom is 1.00 e. The van der Waals surface area contributed by atoms with Crippen molar-refractivity contribution in [2.24, 2.45) is 5.41 Å². The second-order valence-electron chi connectivity index (χ2n) is 5.64. The number of aliphatic carboxylic acids is 1. The molecule has 7 heteroatoms. The summed E-state index contributed by atoms with van der Waals surface area (Å²) < 4.78 is 18.3. The van der Waals surface area contributed by atoms with Crippen LogP contribution in [0.2, 0.25) is 0 Å². The van der Waals surface area contributed by atoms with Crippen molar-refractivity contribution in [2.75, 3.05) is 7.11 Å². The molecule has 0 spiro atoms. The SMILES string of the molecule is COc1ccc(CNC(=O)CC(C)(C)CC(=O)[O-])cc1F.[Na+]. The van der Waals surface area contributed by atoms with Crippen LogP contribution in [0.3, 0.4) is 0 Å². The molecule has 1 aromatic rings. The fourth-order valence-corrected chi connectivity index (χ4v) is 1.97. The van der Waals surface area contributed by atoms with Crippen molar-refractivity contribution in [3.8, 4) is 5.75 Å². The Morgan fingerprint density at radius 1 is 1.32 bits per heavy atom. The average molecular weight is 319 g/mol. The van der Waals surface area contributed by atoms with Crippen LogP contribution < -0.4 is 44.7 Å². The molecule has 116 valence electrons. The molecule has 0 saturated carbocycles. The molecule has 0 aliphatic heterocycles. The van der Waals surface area contributed by atoms with E-state index >= 15 is 0 Å². The topological polar surface area (TPSA) is 78.5 Å². The molecular formula is C15H19FNNaO4. The molecule has 1 aromatic carbocycles. The first kappa shape index (κ1) is 20.9. The number of amides is 1. The fourth-order valence-electron chi connectivity index (χ4n) is 1.97. The largest absolute Gasteiger partial charge is 1.00 e. The molecule has 0 atom stereocenters. The fraction of sp³-hybridized carbons (Fsp3) is 0.467. The van der Waals surface area contributed by atoms with Gasteiger partial charge in [-0.05, 0) is 29.5 Å². The van der Waals surface area contributed by atoms with Gasteiger partial charge in [0.2, 0.25) is 5.91 Å². The molecule has 0 fully saturated rings. The maximum atomic E-state index is 13.5. The number of rotatable bonds is 7. The van der Waals surface area contributed by atoms with E-state index in [0.717, 1.165) is 0 Å². The smallest absolute Gasteiger partial charge is 0.550 e. The summed E-state index contributed by atoms with van der Waals surface area (Å²) in [6, 6.07) is 4.41. The Bertz CT molecular complexity index is 534. The first-order chi connectivity index (χ1) is 9.73. The minimum atomic E-state index is -1.19. The third-order valence-electron chi connectivity index (χ3n) is 2.97. The van der Waals surface area contributed by atoms with Crippen LogP contribution in [0.15, 0.2) is 18.2 Å². The number of carbonyl (C=O) groups is 2. The Hall–Kier alpha value is -1.11. The first-order valence-corrected chi connectivity index (χ1v) is 6.52. The van der Waals surface area contributed by atoms with E-state index in [9.17, 15) is 19.1 Å². The Labute approximate surface area is 151 Å². The van der Waals surface area contributed by atoms with E-state index in [1.54, 1.807) is 19.9 Å². The summed E-state index contributed by atoms with van der Waals surface area (Å²) in [5.74, 6) is -1.84. The number of benzene rings is 1. The Balaban J connectivity index is 0.00000441. The summed E-state index contributed by atoms with van der Waals surface area (Å²) in [6.45, 7) is 3.52. The predicted molar refractivity (Wildman–Crippen MR) is 72.8 cm³/mol. The van der Waals surface area contributed by atoms with Crippen molar-refractivity contribution >= 4 is 11.9 Å². The van der Waals surface area contributed by atoms with E-state index in [0.29, 0.717) is 5.56 Å². The van der Waals surface area contributed by atoms with Gasteiger partial charge in [0.05, 0.1) is 7.11 Å². The second-order valence-corrected chi connectivity index (χ2v) is 5.64. The Morgan fingerprint density at radius 2 is 1.95 bits per heavy atom. The number of hydrogen-bond acceptors (Lipinski definition) is 4. The maximum absolute atomic E-state index is 13.5. The predicted octanol–water partition coefficient (Wildman–Crippen LogP) is -1.99. The van der Waals surface area contributed by atoms with Gasteiger partial charge in [-0.1, -0.05) is 19.9 Å². The van der Waals surface area contributed by atoms with Crippen molar-refractivity contribution < 1.29 is 53.4 Å². The van der Waals surface area contributed by atoms with Crippen LogP contribution in [0.4, 0.5) is 4.39 Å². The van der Waals surface area contributed by atoms with E-state index in [1.165, 1.54) is 19.2 Å². The zero-order chi connectivity index (χ0) is 16.0. The summed E-state index contributed by atoms with van der Waals surface area (Å²) in [5.41, 5.74) is -0.0898. The summed E-state index contributed by atoms with van der Waals surface area (Å²) >= 11 is 0. The van der Waals surface area contributed by atoms with Crippen LogP contribution in [0.25, 0.3) is 0 Å². The minimum Gasteiger partial charge on any atom is -0.550 e. The number of methoxy groups -OCH3 is 1. The van der Waals surface area contributed by atoms with Crippen molar-refractivity contribution in [1.29, 1.82) is 0 Å². The minimum absolute atomic E-state index is 0. The van der Waals surface area contributed by atoms with Crippen LogP contribution in [0.1, 0.15) is 32.3 Å². The molecule has 1 N–H and O–H groups in total. The monoisotopic (exact) mass is 319 g/mol. The normalized spacial score (nSPS) is 10.5. The zero-order valence-electron chi connectivity index (χ0n) is 13.4. The molecule has 0 radical (unpaired) electrons. The van der Waals surface area contributed by atoms with E-state index in [-0.39, 0.29) is 60.6 Å². The molecule has 1 amide bonds. The van der Waals surface area contributed by atoms with E-state index < -0.39 is 17.2 Å².